The fourth-order valence-corrected chi connectivity index (χ4v) is 4.77. The summed E-state index contributed by atoms with van der Waals surface area (Å²) in [6.07, 6.45) is -0.608. The highest BCUT2D eigenvalue weighted by molar-refractivity contribution is 6.32. The van der Waals surface area contributed by atoms with E-state index in [2.05, 4.69) is 20.7 Å². The number of likely N-dealkylation sites (tertiary alicyclic amines) is 1. The highest BCUT2D eigenvalue weighted by Crippen LogP contribution is 2.32. The van der Waals surface area contributed by atoms with Crippen LogP contribution >= 0.6 is 11.6 Å². The van der Waals surface area contributed by atoms with Crippen molar-refractivity contribution in [1.29, 1.82) is 0 Å². The van der Waals surface area contributed by atoms with Gasteiger partial charge in [0.2, 0.25) is 11.8 Å². The van der Waals surface area contributed by atoms with E-state index in [0.717, 1.165) is 43.5 Å². The number of nitrogens with zero attached hydrogens (tertiary/aromatic N) is 1. The van der Waals surface area contributed by atoms with E-state index in [9.17, 15) is 36.7 Å². The number of urea groups is 1. The molecule has 11 nitrogen and oxygen atoms in total. The molecule has 0 bridgehead atoms. The highest BCUT2D eigenvalue weighted by Gasteiger charge is 2.32. The third-order valence-corrected chi connectivity index (χ3v) is 7.01. The molecular formula is C28H32ClF4N5O6. The normalized spacial score (nSPS) is 14.9. The van der Waals surface area contributed by atoms with Gasteiger partial charge in [0.25, 0.3) is 5.91 Å². The number of ether oxygens (including phenoxy) is 1. The van der Waals surface area contributed by atoms with Crippen molar-refractivity contribution in [3.05, 3.63) is 52.8 Å². The van der Waals surface area contributed by atoms with Crippen LogP contribution in [0.1, 0.15) is 55.3 Å². The lowest BCUT2D eigenvalue weighted by Crippen LogP contribution is -2.45. The summed E-state index contributed by atoms with van der Waals surface area (Å²) < 4.78 is 55.8. The molecule has 1 aliphatic rings. The van der Waals surface area contributed by atoms with E-state index >= 15 is 0 Å². The molecule has 3 rings (SSSR count). The molecule has 1 atom stereocenters. The lowest BCUT2D eigenvalue weighted by Gasteiger charge is -2.32. The summed E-state index contributed by atoms with van der Waals surface area (Å²) in [6, 6.07) is 5.62. The molecule has 0 aromatic heterocycles. The van der Waals surface area contributed by atoms with E-state index in [-0.39, 0.29) is 35.8 Å². The molecule has 0 saturated carbocycles. The molecule has 44 heavy (non-hydrogen) atoms. The number of benzene rings is 2. The molecule has 2 aromatic carbocycles. The summed E-state index contributed by atoms with van der Waals surface area (Å²) in [6.45, 7) is 1.01. The van der Waals surface area contributed by atoms with E-state index in [1.807, 2.05) is 0 Å². The van der Waals surface area contributed by atoms with Crippen molar-refractivity contribution >= 4 is 46.7 Å². The number of unbranched alkanes of at least 4 members (excludes halogenated alkanes) is 3. The van der Waals surface area contributed by atoms with Crippen LogP contribution in [0, 0.1) is 11.7 Å². The minimum absolute atomic E-state index is 0.0163. The molecule has 1 unspecified atom stereocenters. The van der Waals surface area contributed by atoms with Crippen LogP contribution in [-0.4, -0.2) is 59.9 Å². The maximum absolute atomic E-state index is 14.8. The summed E-state index contributed by atoms with van der Waals surface area (Å²) in [4.78, 5) is 50.5. The van der Waals surface area contributed by atoms with Crippen LogP contribution < -0.4 is 26.2 Å². The number of anilines is 2. The van der Waals surface area contributed by atoms with Crippen LogP contribution in [0.2, 0.25) is 5.02 Å². The second-order valence-corrected chi connectivity index (χ2v) is 10.5. The first-order valence-corrected chi connectivity index (χ1v) is 14.2. The maximum atomic E-state index is 14.8. The summed E-state index contributed by atoms with van der Waals surface area (Å²) in [5.41, 5.74) is 1.36. The predicted octanol–water partition coefficient (Wildman–Crippen LogP) is 5.45. The first-order chi connectivity index (χ1) is 20.9. The van der Waals surface area contributed by atoms with Gasteiger partial charge in [0, 0.05) is 37.3 Å². The monoisotopic (exact) mass is 645 g/mol. The number of halogens is 5. The molecule has 5 amide bonds. The van der Waals surface area contributed by atoms with E-state index < -0.39 is 46.7 Å². The molecule has 0 spiro atoms. The van der Waals surface area contributed by atoms with Crippen LogP contribution in [0.4, 0.5) is 33.7 Å². The van der Waals surface area contributed by atoms with E-state index in [1.54, 1.807) is 5.48 Å². The third-order valence-electron chi connectivity index (χ3n) is 6.71. The molecule has 0 radical (unpaired) electrons. The van der Waals surface area contributed by atoms with Crippen LogP contribution in [-0.2, 0) is 9.59 Å². The summed E-state index contributed by atoms with van der Waals surface area (Å²) in [5, 5.41) is 15.5. The van der Waals surface area contributed by atoms with Gasteiger partial charge in [-0.2, -0.15) is 0 Å². The number of amides is 5. The number of hydroxylamine groups is 1. The Morgan fingerprint density at radius 2 is 1.77 bits per heavy atom. The Morgan fingerprint density at radius 3 is 2.45 bits per heavy atom. The largest absolute Gasteiger partial charge is 0.573 e. The lowest BCUT2D eigenvalue weighted by atomic mass is 9.96. The minimum Gasteiger partial charge on any atom is -0.404 e. The fourth-order valence-electron chi connectivity index (χ4n) is 4.55. The molecule has 0 aliphatic carbocycles. The Kier molecular flexibility index (Phi) is 12.6. The Labute approximate surface area is 255 Å². The summed E-state index contributed by atoms with van der Waals surface area (Å²) >= 11 is 5.77. The van der Waals surface area contributed by atoms with E-state index in [4.69, 9.17) is 16.8 Å². The second-order valence-electron chi connectivity index (χ2n) is 10.0. The Bertz CT molecular complexity index is 1350. The lowest BCUT2D eigenvalue weighted by molar-refractivity contribution is -0.274. The van der Waals surface area contributed by atoms with Gasteiger partial charge in [0.05, 0.1) is 16.6 Å². The van der Waals surface area contributed by atoms with Crippen molar-refractivity contribution < 1.29 is 46.7 Å². The van der Waals surface area contributed by atoms with Gasteiger partial charge >= 0.3 is 12.4 Å². The van der Waals surface area contributed by atoms with Crippen LogP contribution in [0.5, 0.6) is 5.75 Å². The first kappa shape index (κ1) is 34.4. The van der Waals surface area contributed by atoms with Gasteiger partial charge in [0.15, 0.2) is 0 Å². The van der Waals surface area contributed by atoms with Crippen molar-refractivity contribution in [3.8, 4) is 5.75 Å². The Morgan fingerprint density at radius 1 is 1.02 bits per heavy atom. The predicted molar refractivity (Wildman–Crippen MR) is 152 cm³/mol. The summed E-state index contributed by atoms with van der Waals surface area (Å²) in [7, 11) is 0. The molecular weight excluding hydrogens is 614 g/mol. The highest BCUT2D eigenvalue weighted by atomic mass is 35.5. The number of rotatable bonds is 12. The van der Waals surface area contributed by atoms with E-state index in [0.29, 0.717) is 32.4 Å². The van der Waals surface area contributed by atoms with Crippen molar-refractivity contribution in [2.75, 3.05) is 30.3 Å². The maximum Gasteiger partial charge on any atom is 0.573 e. The van der Waals surface area contributed by atoms with Gasteiger partial charge in [-0.3, -0.25) is 19.6 Å². The smallest absolute Gasteiger partial charge is 0.404 e. The quantitative estimate of drug-likeness (QED) is 0.0898. The number of piperidine rings is 1. The molecule has 2 aromatic rings. The molecule has 1 aliphatic heterocycles. The van der Waals surface area contributed by atoms with Crippen molar-refractivity contribution in [2.24, 2.45) is 5.92 Å². The van der Waals surface area contributed by atoms with Crippen molar-refractivity contribution in [2.45, 2.75) is 51.3 Å². The van der Waals surface area contributed by atoms with Gasteiger partial charge in [-0.05, 0) is 62.1 Å². The average Bonchev–Trinajstić information content (AvgIpc) is 2.97. The van der Waals surface area contributed by atoms with Crippen molar-refractivity contribution in [3.63, 3.8) is 0 Å². The van der Waals surface area contributed by atoms with Gasteiger partial charge in [-0.25, -0.2) is 14.7 Å². The van der Waals surface area contributed by atoms with Crippen LogP contribution in [0.3, 0.4) is 0 Å². The second kappa shape index (κ2) is 16.1. The zero-order valence-electron chi connectivity index (χ0n) is 23.4. The number of hydrogen-bond donors (Lipinski definition) is 5. The zero-order valence-corrected chi connectivity index (χ0v) is 24.2. The number of alkyl halides is 3. The fraction of sp³-hybridized carbons (Fsp3) is 0.429. The molecule has 16 heteroatoms. The Hall–Kier alpha value is -4.11. The standard InChI is InChI=1S/C28H32ClF4N5O6/c29-20-15-19(9-11-23(20)44-28(31,32)33)35-27(42)36-22-10-8-17(14-21(22)30)26(41)38-13-5-6-18(16-38)25(40)34-12-4-2-1-3-7-24(39)37-43/h8-11,14-15,18,43H,1-7,12-13,16H2,(H,34,40)(H,37,39)(H2,35,36,42). The molecule has 1 heterocycles. The van der Waals surface area contributed by atoms with Gasteiger partial charge in [-0.1, -0.05) is 24.4 Å². The number of carbonyl (C=O) groups is 4. The van der Waals surface area contributed by atoms with Crippen molar-refractivity contribution in [1.82, 2.24) is 15.7 Å². The molecule has 5 N–H and O–H groups in total. The molecule has 1 saturated heterocycles. The van der Waals surface area contributed by atoms with Crippen LogP contribution in [0.25, 0.3) is 0 Å². The summed E-state index contributed by atoms with van der Waals surface area (Å²) in [5.74, 6) is -3.07. The Balaban J connectivity index is 1.48. The number of hydrogen-bond acceptors (Lipinski definition) is 6. The van der Waals surface area contributed by atoms with Gasteiger partial charge < -0.3 is 25.6 Å². The van der Waals surface area contributed by atoms with Gasteiger partial charge in [0.1, 0.15) is 11.6 Å². The average molecular weight is 646 g/mol. The van der Waals surface area contributed by atoms with Gasteiger partial charge in [-0.15, -0.1) is 13.2 Å². The first-order valence-electron chi connectivity index (χ1n) is 13.8. The number of carbonyl (C=O) groups excluding carboxylic acids is 4. The topological polar surface area (TPSA) is 149 Å². The zero-order chi connectivity index (χ0) is 32.3. The minimum atomic E-state index is -4.95. The molecule has 1 fully saturated rings. The number of nitrogens with one attached hydrogen (secondary N) is 4. The third kappa shape index (κ3) is 10.9. The van der Waals surface area contributed by atoms with E-state index in [1.165, 1.54) is 17.0 Å². The van der Waals surface area contributed by atoms with Crippen LogP contribution in [0.15, 0.2) is 36.4 Å². The SMILES string of the molecule is O=C(CCCCCCNC(=O)C1CCCN(C(=O)c2ccc(NC(=O)Nc3ccc(OC(F)(F)F)c(Cl)c3)c(F)c2)C1)NO. The molecule has 240 valence electrons.